The minimum Gasteiger partial charge on any atom is -0.359 e. The zero-order valence-corrected chi connectivity index (χ0v) is 13.2. The number of aryl methyl sites for hydroxylation is 2. The Bertz CT molecular complexity index is 1000. The van der Waals surface area contributed by atoms with Crippen molar-refractivity contribution in [2.24, 2.45) is 0 Å². The van der Waals surface area contributed by atoms with E-state index in [9.17, 15) is 0 Å². The first-order valence-electron chi connectivity index (χ1n) is 7.85. The summed E-state index contributed by atoms with van der Waals surface area (Å²) in [6, 6.07) is 14.6. The van der Waals surface area contributed by atoms with Gasteiger partial charge in [-0.15, -0.1) is 0 Å². The zero-order valence-electron chi connectivity index (χ0n) is 13.2. The molecule has 0 atom stereocenters. The molecule has 0 spiro atoms. The number of hydrogen-bond donors (Lipinski definition) is 2. The van der Waals surface area contributed by atoms with Crippen LogP contribution in [0.3, 0.4) is 0 Å². The fourth-order valence-corrected chi connectivity index (χ4v) is 2.91. The Kier molecular flexibility index (Phi) is 3.23. The van der Waals surface area contributed by atoms with Gasteiger partial charge in [-0.25, -0.2) is 9.97 Å². The van der Waals surface area contributed by atoms with Crippen LogP contribution in [0.25, 0.3) is 21.8 Å². The molecule has 4 nitrogen and oxygen atoms in total. The van der Waals surface area contributed by atoms with Crippen LogP contribution in [0.4, 0.5) is 11.6 Å². The van der Waals surface area contributed by atoms with Gasteiger partial charge < -0.3 is 10.3 Å². The highest BCUT2D eigenvalue weighted by atomic mass is 15.1. The number of nitrogens with one attached hydrogen (secondary N) is 2. The maximum Gasteiger partial charge on any atom is 0.228 e. The minimum atomic E-state index is 0.632. The molecule has 4 aromatic rings. The molecule has 0 amide bonds. The molecule has 0 aliphatic rings. The van der Waals surface area contributed by atoms with Crippen LogP contribution in [-0.4, -0.2) is 15.0 Å². The van der Waals surface area contributed by atoms with Gasteiger partial charge in [-0.3, -0.25) is 0 Å². The number of benzene rings is 2. The number of rotatable bonds is 3. The van der Waals surface area contributed by atoms with Crippen molar-refractivity contribution in [1.29, 1.82) is 0 Å². The number of nitrogens with zero attached hydrogens (tertiary/aromatic N) is 2. The number of hydrogen-bond acceptors (Lipinski definition) is 3. The molecule has 2 heterocycles. The van der Waals surface area contributed by atoms with Crippen molar-refractivity contribution in [3.8, 4) is 0 Å². The third-order valence-electron chi connectivity index (χ3n) is 4.20. The Hall–Kier alpha value is -2.88. The van der Waals surface area contributed by atoms with E-state index in [1.807, 2.05) is 25.3 Å². The number of anilines is 2. The Balaban J connectivity index is 1.79. The van der Waals surface area contributed by atoms with Crippen molar-refractivity contribution in [3.05, 3.63) is 59.9 Å². The predicted octanol–water partition coefficient (Wildman–Crippen LogP) is 4.73. The summed E-state index contributed by atoms with van der Waals surface area (Å²) in [7, 11) is 0. The maximum absolute atomic E-state index is 4.69. The lowest BCUT2D eigenvalue weighted by atomic mass is 10.1. The van der Waals surface area contributed by atoms with Gasteiger partial charge in [0.15, 0.2) is 0 Å². The first kappa shape index (κ1) is 13.8. The second-order valence-electron chi connectivity index (χ2n) is 5.71. The Labute approximate surface area is 134 Å². The van der Waals surface area contributed by atoms with E-state index in [-0.39, 0.29) is 0 Å². The molecule has 0 aliphatic carbocycles. The monoisotopic (exact) mass is 302 g/mol. The highest BCUT2D eigenvalue weighted by molar-refractivity contribution is 5.94. The minimum absolute atomic E-state index is 0.632. The fourth-order valence-electron chi connectivity index (χ4n) is 2.91. The van der Waals surface area contributed by atoms with E-state index in [0.717, 1.165) is 39.6 Å². The summed E-state index contributed by atoms with van der Waals surface area (Å²) in [6.45, 7) is 4.18. The van der Waals surface area contributed by atoms with E-state index < -0.39 is 0 Å². The first-order chi connectivity index (χ1) is 11.2. The predicted molar refractivity (Wildman–Crippen MR) is 95.2 cm³/mol. The second kappa shape index (κ2) is 5.39. The molecule has 114 valence electrons. The Morgan fingerprint density at radius 2 is 1.91 bits per heavy atom. The van der Waals surface area contributed by atoms with E-state index in [0.29, 0.717) is 5.95 Å². The molecule has 0 radical (unpaired) electrons. The molecular weight excluding hydrogens is 284 g/mol. The van der Waals surface area contributed by atoms with Crippen molar-refractivity contribution in [1.82, 2.24) is 15.0 Å². The molecule has 4 heteroatoms. The number of aromatic amines is 1. The van der Waals surface area contributed by atoms with Crippen LogP contribution in [0.2, 0.25) is 0 Å². The third kappa shape index (κ3) is 2.42. The zero-order chi connectivity index (χ0) is 15.8. The molecule has 0 bridgehead atoms. The topological polar surface area (TPSA) is 53.6 Å². The van der Waals surface area contributed by atoms with E-state index in [2.05, 4.69) is 52.5 Å². The number of fused-ring (bicyclic) bond motifs is 2. The summed E-state index contributed by atoms with van der Waals surface area (Å²) >= 11 is 0. The molecule has 2 aromatic heterocycles. The van der Waals surface area contributed by atoms with Gasteiger partial charge in [-0.2, -0.15) is 0 Å². The number of aromatic nitrogens is 3. The molecule has 4 rings (SSSR count). The Morgan fingerprint density at radius 1 is 1.04 bits per heavy atom. The smallest absolute Gasteiger partial charge is 0.228 e. The molecule has 0 saturated heterocycles. The molecule has 0 saturated carbocycles. The van der Waals surface area contributed by atoms with Gasteiger partial charge in [0, 0.05) is 22.5 Å². The standard InChI is InChI=1S/C19H18N4/c1-3-13-8-9-14-12(2)21-19(22-17(14)10-13)23-18-11-20-16-7-5-4-6-15(16)18/h4-11,20H,3H2,1-2H3,(H,21,22,23). The van der Waals surface area contributed by atoms with Gasteiger partial charge in [0.1, 0.15) is 0 Å². The molecular formula is C19H18N4. The van der Waals surface area contributed by atoms with Crippen LogP contribution in [0, 0.1) is 6.92 Å². The van der Waals surface area contributed by atoms with Gasteiger partial charge >= 0.3 is 0 Å². The van der Waals surface area contributed by atoms with Crippen molar-refractivity contribution in [2.75, 3.05) is 5.32 Å². The van der Waals surface area contributed by atoms with Crippen LogP contribution < -0.4 is 5.32 Å². The Morgan fingerprint density at radius 3 is 2.78 bits per heavy atom. The first-order valence-corrected chi connectivity index (χ1v) is 7.85. The van der Waals surface area contributed by atoms with Gasteiger partial charge in [-0.1, -0.05) is 37.3 Å². The molecule has 23 heavy (non-hydrogen) atoms. The van der Waals surface area contributed by atoms with Crippen LogP contribution >= 0.6 is 0 Å². The van der Waals surface area contributed by atoms with Crippen molar-refractivity contribution in [3.63, 3.8) is 0 Å². The number of para-hydroxylation sites is 1. The van der Waals surface area contributed by atoms with Crippen LogP contribution in [0.1, 0.15) is 18.2 Å². The molecule has 0 unspecified atom stereocenters. The average molecular weight is 302 g/mol. The van der Waals surface area contributed by atoms with E-state index in [4.69, 9.17) is 4.98 Å². The number of H-pyrrole nitrogens is 1. The summed E-state index contributed by atoms with van der Waals surface area (Å²) < 4.78 is 0. The van der Waals surface area contributed by atoms with Gasteiger partial charge in [-0.05, 0) is 31.0 Å². The van der Waals surface area contributed by atoms with Gasteiger partial charge in [0.05, 0.1) is 16.9 Å². The second-order valence-corrected chi connectivity index (χ2v) is 5.71. The largest absolute Gasteiger partial charge is 0.359 e. The van der Waals surface area contributed by atoms with Crippen molar-refractivity contribution in [2.45, 2.75) is 20.3 Å². The summed E-state index contributed by atoms with van der Waals surface area (Å²) in [5, 5.41) is 5.58. The lowest BCUT2D eigenvalue weighted by Gasteiger charge is -2.08. The summed E-state index contributed by atoms with van der Waals surface area (Å²) in [6.07, 6.45) is 2.96. The highest BCUT2D eigenvalue weighted by Crippen LogP contribution is 2.26. The van der Waals surface area contributed by atoms with Gasteiger partial charge in [0.2, 0.25) is 5.95 Å². The highest BCUT2D eigenvalue weighted by Gasteiger charge is 2.08. The van der Waals surface area contributed by atoms with Crippen LogP contribution in [-0.2, 0) is 6.42 Å². The maximum atomic E-state index is 4.69. The SMILES string of the molecule is CCc1ccc2c(C)nc(Nc3c[nH]c4ccccc34)nc2c1. The van der Waals surface area contributed by atoms with E-state index in [1.165, 1.54) is 5.56 Å². The lowest BCUT2D eigenvalue weighted by Crippen LogP contribution is -1.99. The lowest BCUT2D eigenvalue weighted by molar-refractivity contribution is 1.12. The molecule has 2 N–H and O–H groups in total. The van der Waals surface area contributed by atoms with Crippen molar-refractivity contribution >= 4 is 33.4 Å². The fraction of sp³-hybridized carbons (Fsp3) is 0.158. The van der Waals surface area contributed by atoms with Gasteiger partial charge in [0.25, 0.3) is 0 Å². The van der Waals surface area contributed by atoms with E-state index >= 15 is 0 Å². The van der Waals surface area contributed by atoms with Crippen molar-refractivity contribution < 1.29 is 0 Å². The third-order valence-corrected chi connectivity index (χ3v) is 4.20. The van der Waals surface area contributed by atoms with Crippen LogP contribution in [0.15, 0.2) is 48.7 Å². The quantitative estimate of drug-likeness (QED) is 0.575. The molecule has 0 fully saturated rings. The molecule has 2 aromatic carbocycles. The van der Waals surface area contributed by atoms with Crippen LogP contribution in [0.5, 0.6) is 0 Å². The molecule has 0 aliphatic heterocycles. The average Bonchev–Trinajstić information content (AvgIpc) is 2.97. The summed E-state index contributed by atoms with van der Waals surface area (Å²) in [5.74, 6) is 0.632. The summed E-state index contributed by atoms with van der Waals surface area (Å²) in [4.78, 5) is 12.6. The normalized spacial score (nSPS) is 11.2. The summed E-state index contributed by atoms with van der Waals surface area (Å²) in [5.41, 5.74) is 5.35. The van der Waals surface area contributed by atoms with E-state index in [1.54, 1.807) is 0 Å².